The van der Waals surface area contributed by atoms with Gasteiger partial charge in [0.2, 0.25) is 0 Å². The van der Waals surface area contributed by atoms with E-state index in [1.54, 1.807) is 0 Å². The number of amides is 1. The van der Waals surface area contributed by atoms with Crippen LogP contribution >= 0.6 is 0 Å². The van der Waals surface area contributed by atoms with Gasteiger partial charge in [0, 0.05) is 11.1 Å². The highest BCUT2D eigenvalue weighted by Gasteiger charge is 2.11. The van der Waals surface area contributed by atoms with E-state index in [2.05, 4.69) is 10.9 Å². The maximum atomic E-state index is 12.6. The maximum absolute atomic E-state index is 12.6. The third-order valence-electron chi connectivity index (χ3n) is 1.66. The summed E-state index contributed by atoms with van der Waals surface area (Å²) >= 11 is 0. The van der Waals surface area contributed by atoms with Gasteiger partial charge >= 0.3 is 0 Å². The van der Waals surface area contributed by atoms with Crippen molar-refractivity contribution >= 4 is 5.91 Å². The van der Waals surface area contributed by atoms with Crippen molar-refractivity contribution in [1.82, 2.24) is 10.9 Å². The molecule has 0 bridgehead atoms. The third-order valence-corrected chi connectivity index (χ3v) is 1.66. The van der Waals surface area contributed by atoms with Crippen molar-refractivity contribution in [2.75, 3.05) is 0 Å². The zero-order valence-electron chi connectivity index (χ0n) is 9.10. The maximum Gasteiger partial charge on any atom is 0.265 e. The van der Waals surface area contributed by atoms with Gasteiger partial charge in [-0.05, 0) is 45.0 Å². The number of hydrogen-bond acceptors (Lipinski definition) is 2. The lowest BCUT2D eigenvalue weighted by Crippen LogP contribution is -2.48. The Kier molecular flexibility index (Phi) is 3.42. The summed E-state index contributed by atoms with van der Waals surface area (Å²) in [6, 6.07) is 5.39. The predicted octanol–water partition coefficient (Wildman–Crippen LogP) is 1.86. The molecule has 0 radical (unpaired) electrons. The molecule has 4 heteroatoms. The van der Waals surface area contributed by atoms with E-state index < -0.39 is 0 Å². The molecule has 1 amide bonds. The first kappa shape index (κ1) is 11.7. The fourth-order valence-electron chi connectivity index (χ4n) is 0.918. The SMILES string of the molecule is CC(C)(C)NNC(=O)c1ccc(F)cc1. The summed E-state index contributed by atoms with van der Waals surface area (Å²) in [6.07, 6.45) is 0. The van der Waals surface area contributed by atoms with Gasteiger partial charge in [-0.15, -0.1) is 0 Å². The summed E-state index contributed by atoms with van der Waals surface area (Å²) in [7, 11) is 0. The van der Waals surface area contributed by atoms with E-state index in [0.717, 1.165) is 0 Å². The Bertz CT molecular complexity index is 341. The van der Waals surface area contributed by atoms with Crippen LogP contribution in [-0.2, 0) is 0 Å². The number of rotatable bonds is 2. The molecular formula is C11H15FN2O. The van der Waals surface area contributed by atoms with Crippen LogP contribution in [0.3, 0.4) is 0 Å². The lowest BCUT2D eigenvalue weighted by molar-refractivity contribution is 0.0914. The molecular weight excluding hydrogens is 195 g/mol. The molecule has 0 saturated heterocycles. The van der Waals surface area contributed by atoms with Gasteiger partial charge in [0.1, 0.15) is 5.82 Å². The number of halogens is 1. The second-order valence-corrected chi connectivity index (χ2v) is 4.34. The van der Waals surface area contributed by atoms with Crippen LogP contribution in [0.2, 0.25) is 0 Å². The van der Waals surface area contributed by atoms with Crippen LogP contribution in [0.4, 0.5) is 4.39 Å². The topological polar surface area (TPSA) is 41.1 Å². The molecule has 1 aromatic rings. The minimum atomic E-state index is -0.352. The van der Waals surface area contributed by atoms with Gasteiger partial charge < -0.3 is 0 Å². The van der Waals surface area contributed by atoms with Crippen LogP contribution in [-0.4, -0.2) is 11.4 Å². The van der Waals surface area contributed by atoms with E-state index in [9.17, 15) is 9.18 Å². The molecule has 0 aliphatic heterocycles. The van der Waals surface area contributed by atoms with E-state index in [1.807, 2.05) is 20.8 Å². The molecule has 0 aromatic heterocycles. The van der Waals surface area contributed by atoms with Gasteiger partial charge in [-0.1, -0.05) is 0 Å². The van der Waals surface area contributed by atoms with Crippen LogP contribution in [0.15, 0.2) is 24.3 Å². The Balaban J connectivity index is 2.58. The molecule has 3 nitrogen and oxygen atoms in total. The summed E-state index contributed by atoms with van der Waals surface area (Å²) in [6.45, 7) is 5.79. The highest BCUT2D eigenvalue weighted by Crippen LogP contribution is 2.02. The molecule has 0 unspecified atom stereocenters. The molecule has 0 atom stereocenters. The van der Waals surface area contributed by atoms with Crippen LogP contribution in [0.25, 0.3) is 0 Å². The molecule has 1 aromatic carbocycles. The first-order valence-electron chi connectivity index (χ1n) is 4.71. The Morgan fingerprint density at radius 1 is 1.20 bits per heavy atom. The first-order valence-corrected chi connectivity index (χ1v) is 4.71. The summed E-state index contributed by atoms with van der Waals surface area (Å²) in [5, 5.41) is 0. The summed E-state index contributed by atoms with van der Waals surface area (Å²) in [5.74, 6) is -0.625. The molecule has 0 aliphatic carbocycles. The fourth-order valence-corrected chi connectivity index (χ4v) is 0.918. The Morgan fingerprint density at radius 3 is 2.20 bits per heavy atom. The molecule has 82 valence electrons. The van der Waals surface area contributed by atoms with E-state index in [-0.39, 0.29) is 17.3 Å². The van der Waals surface area contributed by atoms with Gasteiger partial charge in [0.25, 0.3) is 5.91 Å². The molecule has 0 spiro atoms. The molecule has 2 N–H and O–H groups in total. The molecule has 0 aliphatic rings. The standard InChI is InChI=1S/C11H15FN2O/c1-11(2,3)14-13-10(15)8-4-6-9(12)7-5-8/h4-7,14H,1-3H3,(H,13,15). The van der Waals surface area contributed by atoms with Crippen molar-refractivity contribution < 1.29 is 9.18 Å². The number of hydrazine groups is 1. The van der Waals surface area contributed by atoms with Crippen molar-refractivity contribution in [3.8, 4) is 0 Å². The van der Waals surface area contributed by atoms with Crippen LogP contribution in [0.5, 0.6) is 0 Å². The molecule has 0 saturated carbocycles. The Morgan fingerprint density at radius 2 is 1.73 bits per heavy atom. The molecule has 0 heterocycles. The number of benzene rings is 1. The van der Waals surface area contributed by atoms with E-state index >= 15 is 0 Å². The molecule has 0 fully saturated rings. The second-order valence-electron chi connectivity index (χ2n) is 4.34. The van der Waals surface area contributed by atoms with Crippen molar-refractivity contribution in [3.05, 3.63) is 35.6 Å². The van der Waals surface area contributed by atoms with Crippen LogP contribution < -0.4 is 10.9 Å². The third kappa shape index (κ3) is 4.08. The number of carbonyl (C=O) groups is 1. The molecule has 15 heavy (non-hydrogen) atoms. The van der Waals surface area contributed by atoms with Gasteiger partial charge in [0.05, 0.1) is 0 Å². The Labute approximate surface area is 88.7 Å². The minimum absolute atomic E-state index is 0.199. The average Bonchev–Trinajstić information content (AvgIpc) is 2.14. The largest absolute Gasteiger partial charge is 0.287 e. The first-order chi connectivity index (χ1) is 6.88. The van der Waals surface area contributed by atoms with E-state index in [1.165, 1.54) is 24.3 Å². The van der Waals surface area contributed by atoms with Gasteiger partial charge in [-0.2, -0.15) is 0 Å². The Hall–Kier alpha value is -1.42. The summed E-state index contributed by atoms with van der Waals surface area (Å²) in [5.41, 5.74) is 5.61. The zero-order chi connectivity index (χ0) is 11.5. The summed E-state index contributed by atoms with van der Waals surface area (Å²) < 4.78 is 12.6. The number of carbonyl (C=O) groups excluding carboxylic acids is 1. The van der Waals surface area contributed by atoms with Crippen LogP contribution in [0.1, 0.15) is 31.1 Å². The average molecular weight is 210 g/mol. The zero-order valence-corrected chi connectivity index (χ0v) is 9.10. The molecule has 1 rings (SSSR count). The number of nitrogens with one attached hydrogen (secondary N) is 2. The van der Waals surface area contributed by atoms with E-state index in [4.69, 9.17) is 0 Å². The van der Waals surface area contributed by atoms with Gasteiger partial charge in [0.15, 0.2) is 0 Å². The number of hydrogen-bond donors (Lipinski definition) is 2. The normalized spacial score (nSPS) is 11.2. The second kappa shape index (κ2) is 4.40. The predicted molar refractivity (Wildman–Crippen MR) is 56.8 cm³/mol. The van der Waals surface area contributed by atoms with Crippen LogP contribution in [0, 0.1) is 5.82 Å². The fraction of sp³-hybridized carbons (Fsp3) is 0.364. The van der Waals surface area contributed by atoms with E-state index in [0.29, 0.717) is 5.56 Å². The van der Waals surface area contributed by atoms with Crippen molar-refractivity contribution in [3.63, 3.8) is 0 Å². The monoisotopic (exact) mass is 210 g/mol. The van der Waals surface area contributed by atoms with Crippen molar-refractivity contribution in [2.45, 2.75) is 26.3 Å². The lowest BCUT2D eigenvalue weighted by Gasteiger charge is -2.20. The van der Waals surface area contributed by atoms with Crippen molar-refractivity contribution in [1.29, 1.82) is 0 Å². The quantitative estimate of drug-likeness (QED) is 0.731. The highest BCUT2D eigenvalue weighted by molar-refractivity contribution is 5.93. The minimum Gasteiger partial charge on any atom is -0.287 e. The smallest absolute Gasteiger partial charge is 0.265 e. The lowest BCUT2D eigenvalue weighted by atomic mass is 10.1. The summed E-state index contributed by atoms with van der Waals surface area (Å²) in [4.78, 5) is 11.5. The van der Waals surface area contributed by atoms with Gasteiger partial charge in [-0.3, -0.25) is 10.2 Å². The van der Waals surface area contributed by atoms with Gasteiger partial charge in [-0.25, -0.2) is 9.82 Å². The highest BCUT2D eigenvalue weighted by atomic mass is 19.1. The van der Waals surface area contributed by atoms with Crippen molar-refractivity contribution in [2.24, 2.45) is 0 Å².